The highest BCUT2D eigenvalue weighted by molar-refractivity contribution is 5.80. The van der Waals surface area contributed by atoms with E-state index in [0.29, 0.717) is 11.3 Å². The maximum absolute atomic E-state index is 11.8. The summed E-state index contributed by atoms with van der Waals surface area (Å²) in [6.07, 6.45) is 2.31. The van der Waals surface area contributed by atoms with Crippen LogP contribution in [-0.2, 0) is 0 Å². The Kier molecular flexibility index (Phi) is 1.69. The number of nitrogens with one attached hydrogen (secondary N) is 1. The Labute approximate surface area is 87.2 Å². The number of aromatic nitrogens is 2. The maximum Gasteiger partial charge on any atom is 0.258 e. The van der Waals surface area contributed by atoms with Crippen molar-refractivity contribution in [1.29, 1.82) is 0 Å². The van der Waals surface area contributed by atoms with Crippen LogP contribution in [-0.4, -0.2) is 9.97 Å². The van der Waals surface area contributed by atoms with Gasteiger partial charge in [-0.05, 0) is 31.4 Å². The third-order valence-corrected chi connectivity index (χ3v) is 2.92. The van der Waals surface area contributed by atoms with E-state index in [-0.39, 0.29) is 5.56 Å². The average molecular weight is 200 g/mol. The molecule has 0 atom stereocenters. The Morgan fingerprint density at radius 2 is 2.20 bits per heavy atom. The van der Waals surface area contributed by atoms with E-state index in [4.69, 9.17) is 0 Å². The van der Waals surface area contributed by atoms with E-state index in [1.165, 1.54) is 0 Å². The summed E-state index contributed by atoms with van der Waals surface area (Å²) in [5, 5.41) is 0.694. The van der Waals surface area contributed by atoms with Gasteiger partial charge in [0.05, 0.1) is 10.9 Å². The first kappa shape index (κ1) is 8.65. The molecule has 1 N–H and O–H groups in total. The lowest BCUT2D eigenvalue weighted by molar-refractivity contribution is 0.930. The molecule has 76 valence electrons. The smallest absolute Gasteiger partial charge is 0.258 e. The molecule has 1 saturated carbocycles. The first-order chi connectivity index (χ1) is 7.25. The molecule has 0 bridgehead atoms. The van der Waals surface area contributed by atoms with Gasteiger partial charge in [0.2, 0.25) is 0 Å². The van der Waals surface area contributed by atoms with Gasteiger partial charge in [0.1, 0.15) is 5.82 Å². The first-order valence-corrected chi connectivity index (χ1v) is 5.25. The quantitative estimate of drug-likeness (QED) is 0.766. The third-order valence-electron chi connectivity index (χ3n) is 2.92. The van der Waals surface area contributed by atoms with Crippen molar-refractivity contribution >= 4 is 10.9 Å². The van der Waals surface area contributed by atoms with E-state index < -0.39 is 0 Å². The third kappa shape index (κ3) is 1.35. The molecule has 2 aromatic rings. The normalized spacial score (nSPS) is 15.8. The van der Waals surface area contributed by atoms with E-state index in [0.717, 1.165) is 29.7 Å². The number of rotatable bonds is 1. The fourth-order valence-corrected chi connectivity index (χ4v) is 1.87. The van der Waals surface area contributed by atoms with Crippen LogP contribution in [0.3, 0.4) is 0 Å². The monoisotopic (exact) mass is 200 g/mol. The molecule has 0 spiro atoms. The van der Waals surface area contributed by atoms with Crippen LogP contribution in [0.25, 0.3) is 10.9 Å². The van der Waals surface area contributed by atoms with Crippen molar-refractivity contribution < 1.29 is 0 Å². The van der Waals surface area contributed by atoms with Crippen molar-refractivity contribution in [3.63, 3.8) is 0 Å². The zero-order valence-electron chi connectivity index (χ0n) is 8.58. The lowest BCUT2D eigenvalue weighted by Crippen LogP contribution is -2.11. The van der Waals surface area contributed by atoms with Crippen LogP contribution in [0.2, 0.25) is 0 Å². The zero-order chi connectivity index (χ0) is 10.4. The van der Waals surface area contributed by atoms with Crippen LogP contribution in [0.5, 0.6) is 0 Å². The van der Waals surface area contributed by atoms with Gasteiger partial charge in [-0.3, -0.25) is 4.79 Å². The zero-order valence-corrected chi connectivity index (χ0v) is 8.58. The summed E-state index contributed by atoms with van der Waals surface area (Å²) >= 11 is 0. The number of benzene rings is 1. The summed E-state index contributed by atoms with van der Waals surface area (Å²) in [4.78, 5) is 19.2. The molecule has 0 saturated heterocycles. The van der Waals surface area contributed by atoms with E-state index >= 15 is 0 Å². The van der Waals surface area contributed by atoms with Crippen LogP contribution in [0, 0.1) is 6.92 Å². The topological polar surface area (TPSA) is 45.8 Å². The summed E-state index contributed by atoms with van der Waals surface area (Å²) in [5.41, 5.74) is 1.91. The molecule has 0 radical (unpaired) electrons. The van der Waals surface area contributed by atoms with E-state index in [1.807, 2.05) is 25.1 Å². The molecular weight excluding hydrogens is 188 g/mol. The molecule has 3 heteroatoms. The summed E-state index contributed by atoms with van der Waals surface area (Å²) in [5.74, 6) is 1.35. The van der Waals surface area contributed by atoms with Crippen molar-refractivity contribution in [2.24, 2.45) is 0 Å². The van der Waals surface area contributed by atoms with E-state index in [1.54, 1.807) is 0 Å². The fraction of sp³-hybridized carbons (Fsp3) is 0.333. The molecule has 15 heavy (non-hydrogen) atoms. The van der Waals surface area contributed by atoms with E-state index in [9.17, 15) is 4.79 Å². The fourth-order valence-electron chi connectivity index (χ4n) is 1.87. The molecule has 0 amide bonds. The molecule has 1 heterocycles. The van der Waals surface area contributed by atoms with Gasteiger partial charge >= 0.3 is 0 Å². The van der Waals surface area contributed by atoms with Gasteiger partial charge in [-0.25, -0.2) is 4.98 Å². The first-order valence-electron chi connectivity index (χ1n) is 5.25. The largest absolute Gasteiger partial charge is 0.310 e. The Balaban J connectivity index is 2.37. The second kappa shape index (κ2) is 2.92. The molecule has 1 aromatic heterocycles. The summed E-state index contributed by atoms with van der Waals surface area (Å²) in [6.45, 7) is 1.99. The number of H-pyrrole nitrogens is 1. The molecule has 0 unspecified atom stereocenters. The molecule has 1 aromatic carbocycles. The molecule has 3 rings (SSSR count). The Bertz CT molecular complexity index is 582. The van der Waals surface area contributed by atoms with Crippen LogP contribution < -0.4 is 5.56 Å². The minimum absolute atomic E-state index is 0.00870. The number of aromatic amines is 1. The lowest BCUT2D eigenvalue weighted by Gasteiger charge is -2.03. The highest BCUT2D eigenvalue weighted by atomic mass is 16.1. The predicted octanol–water partition coefficient (Wildman–Crippen LogP) is 2.11. The predicted molar refractivity (Wildman–Crippen MR) is 59.1 cm³/mol. The van der Waals surface area contributed by atoms with Gasteiger partial charge in [-0.15, -0.1) is 0 Å². The SMILES string of the molecule is Cc1cccc2c(=O)[nH]c(C3CC3)nc12. The van der Waals surface area contributed by atoms with Crippen LogP contribution in [0.1, 0.15) is 30.1 Å². The highest BCUT2D eigenvalue weighted by Gasteiger charge is 2.26. The molecular formula is C12H12N2O. The van der Waals surface area contributed by atoms with Gasteiger partial charge in [0.15, 0.2) is 0 Å². The van der Waals surface area contributed by atoms with Gasteiger partial charge in [0.25, 0.3) is 5.56 Å². The van der Waals surface area contributed by atoms with Crippen LogP contribution in [0.15, 0.2) is 23.0 Å². The van der Waals surface area contributed by atoms with Crippen molar-refractivity contribution in [2.45, 2.75) is 25.7 Å². The lowest BCUT2D eigenvalue weighted by atomic mass is 10.1. The van der Waals surface area contributed by atoms with Gasteiger partial charge in [-0.1, -0.05) is 12.1 Å². The number of nitrogens with zero attached hydrogens (tertiary/aromatic N) is 1. The number of hydrogen-bond donors (Lipinski definition) is 1. The number of para-hydroxylation sites is 1. The summed E-state index contributed by atoms with van der Waals surface area (Å²) < 4.78 is 0. The minimum Gasteiger partial charge on any atom is -0.310 e. The summed E-state index contributed by atoms with van der Waals surface area (Å²) in [6, 6.07) is 5.71. The van der Waals surface area contributed by atoms with Gasteiger partial charge in [0, 0.05) is 5.92 Å². The molecule has 1 aliphatic rings. The molecule has 1 aliphatic carbocycles. The van der Waals surface area contributed by atoms with E-state index in [2.05, 4.69) is 9.97 Å². The Hall–Kier alpha value is -1.64. The van der Waals surface area contributed by atoms with Gasteiger partial charge in [-0.2, -0.15) is 0 Å². The average Bonchev–Trinajstić information content (AvgIpc) is 3.02. The van der Waals surface area contributed by atoms with Crippen molar-refractivity contribution in [2.75, 3.05) is 0 Å². The number of aryl methyl sites for hydroxylation is 1. The second-order valence-corrected chi connectivity index (χ2v) is 4.20. The van der Waals surface area contributed by atoms with Crippen molar-refractivity contribution in [3.05, 3.63) is 39.9 Å². The molecule has 0 aliphatic heterocycles. The Morgan fingerprint density at radius 3 is 2.93 bits per heavy atom. The highest BCUT2D eigenvalue weighted by Crippen LogP contribution is 2.37. The van der Waals surface area contributed by atoms with Crippen molar-refractivity contribution in [1.82, 2.24) is 9.97 Å². The van der Waals surface area contributed by atoms with Crippen molar-refractivity contribution in [3.8, 4) is 0 Å². The summed E-state index contributed by atoms with van der Waals surface area (Å²) in [7, 11) is 0. The standard InChI is InChI=1S/C12H12N2O/c1-7-3-2-4-9-10(7)13-11(8-5-6-8)14-12(9)15/h2-4,8H,5-6H2,1H3,(H,13,14,15). The van der Waals surface area contributed by atoms with Crippen LogP contribution >= 0.6 is 0 Å². The molecule has 1 fully saturated rings. The second-order valence-electron chi connectivity index (χ2n) is 4.20. The van der Waals surface area contributed by atoms with Crippen LogP contribution in [0.4, 0.5) is 0 Å². The number of fused-ring (bicyclic) bond motifs is 1. The Morgan fingerprint density at radius 1 is 1.40 bits per heavy atom. The number of hydrogen-bond acceptors (Lipinski definition) is 2. The molecule has 3 nitrogen and oxygen atoms in total. The maximum atomic E-state index is 11.8. The van der Waals surface area contributed by atoms with Gasteiger partial charge < -0.3 is 4.98 Å². The minimum atomic E-state index is -0.00870.